The van der Waals surface area contributed by atoms with Crippen molar-refractivity contribution in [3.8, 4) is 28.6 Å². The normalized spacial score (nSPS) is 15.8. The summed E-state index contributed by atoms with van der Waals surface area (Å²) in [5.41, 5.74) is 7.58. The lowest BCUT2D eigenvalue weighted by molar-refractivity contribution is 0.0945. The van der Waals surface area contributed by atoms with E-state index >= 15 is 4.39 Å². The molecule has 1 saturated heterocycles. The van der Waals surface area contributed by atoms with Gasteiger partial charge in [-0.05, 0) is 58.0 Å². The van der Waals surface area contributed by atoms with Gasteiger partial charge < -0.3 is 26.4 Å². The number of nitriles is 1. The van der Waals surface area contributed by atoms with Crippen molar-refractivity contribution in [1.29, 1.82) is 5.26 Å². The highest BCUT2D eigenvalue weighted by molar-refractivity contribution is 5.87. The standard InChI is InChI=1S/C29H32F2N8O/c1-29(2,40)16-36-24-13-22(31)20(12-23(24)33)26-25(17-6-7-18(14-32)21(30)11-17)37-28-27(35-8-10-39(26)28)38-9-4-5-19(15-38)34-3/h6-8,10-13,19,34,36,40H,4-5,9,15-16,33H2,1-3H3. The van der Waals surface area contributed by atoms with Crippen LogP contribution in [0, 0.1) is 23.0 Å². The zero-order valence-electron chi connectivity index (χ0n) is 22.7. The molecule has 1 aliphatic heterocycles. The van der Waals surface area contributed by atoms with Gasteiger partial charge in [0, 0.05) is 49.2 Å². The van der Waals surface area contributed by atoms with Gasteiger partial charge in [0.05, 0.1) is 33.9 Å². The van der Waals surface area contributed by atoms with Gasteiger partial charge in [0.25, 0.3) is 0 Å². The van der Waals surface area contributed by atoms with Crippen molar-refractivity contribution >= 4 is 22.8 Å². The number of anilines is 3. The summed E-state index contributed by atoms with van der Waals surface area (Å²) in [7, 11) is 1.93. The summed E-state index contributed by atoms with van der Waals surface area (Å²) in [5.74, 6) is -0.627. The smallest absolute Gasteiger partial charge is 0.181 e. The molecular formula is C29H32F2N8O. The van der Waals surface area contributed by atoms with Crippen LogP contribution in [-0.2, 0) is 0 Å². The lowest BCUT2D eigenvalue weighted by atomic mass is 10.0. The van der Waals surface area contributed by atoms with Crippen LogP contribution in [0.25, 0.3) is 28.2 Å². The Kier molecular flexibility index (Phi) is 7.31. The predicted molar refractivity (Wildman–Crippen MR) is 152 cm³/mol. The van der Waals surface area contributed by atoms with Crippen molar-refractivity contribution in [2.24, 2.45) is 0 Å². The zero-order chi connectivity index (χ0) is 28.6. The Bertz CT molecular complexity index is 1600. The summed E-state index contributed by atoms with van der Waals surface area (Å²) in [6.45, 7) is 4.95. The first-order valence-electron chi connectivity index (χ1n) is 13.1. The second kappa shape index (κ2) is 10.7. The van der Waals surface area contributed by atoms with Gasteiger partial charge in [-0.3, -0.25) is 4.40 Å². The number of nitrogens with two attached hydrogens (primary N) is 1. The number of hydrogen-bond acceptors (Lipinski definition) is 8. The Morgan fingerprint density at radius 3 is 2.73 bits per heavy atom. The van der Waals surface area contributed by atoms with E-state index in [1.165, 1.54) is 24.3 Å². The number of benzene rings is 2. The summed E-state index contributed by atoms with van der Waals surface area (Å²) in [6, 6.07) is 9.12. The molecule has 208 valence electrons. The fourth-order valence-electron chi connectivity index (χ4n) is 5.04. The van der Waals surface area contributed by atoms with Crippen molar-refractivity contribution in [3.05, 3.63) is 59.9 Å². The molecule has 40 heavy (non-hydrogen) atoms. The molecule has 1 atom stereocenters. The molecule has 1 unspecified atom stereocenters. The molecule has 0 spiro atoms. The number of likely N-dealkylation sites (N-methyl/N-ethyl adjacent to an activating group) is 1. The monoisotopic (exact) mass is 546 g/mol. The fourth-order valence-corrected chi connectivity index (χ4v) is 5.04. The number of aromatic nitrogens is 3. The molecule has 2 aromatic heterocycles. The van der Waals surface area contributed by atoms with Gasteiger partial charge in [-0.2, -0.15) is 5.26 Å². The van der Waals surface area contributed by atoms with E-state index in [9.17, 15) is 14.8 Å². The van der Waals surface area contributed by atoms with E-state index in [-0.39, 0.29) is 23.4 Å². The maximum absolute atomic E-state index is 15.8. The van der Waals surface area contributed by atoms with E-state index in [1.54, 1.807) is 36.7 Å². The van der Waals surface area contributed by atoms with Crippen LogP contribution in [0.5, 0.6) is 0 Å². The van der Waals surface area contributed by atoms with Gasteiger partial charge in [-0.15, -0.1) is 0 Å². The molecule has 9 nitrogen and oxygen atoms in total. The summed E-state index contributed by atoms with van der Waals surface area (Å²) in [5, 5.41) is 25.6. The first-order valence-corrected chi connectivity index (χ1v) is 13.1. The lowest BCUT2D eigenvalue weighted by Gasteiger charge is -2.33. The van der Waals surface area contributed by atoms with Crippen molar-refractivity contribution in [2.45, 2.75) is 38.3 Å². The van der Waals surface area contributed by atoms with E-state index in [0.717, 1.165) is 25.9 Å². The molecule has 3 heterocycles. The number of piperidine rings is 1. The van der Waals surface area contributed by atoms with Crippen molar-refractivity contribution < 1.29 is 13.9 Å². The average Bonchev–Trinajstić information content (AvgIpc) is 3.32. The van der Waals surface area contributed by atoms with Crippen LogP contribution in [-0.4, -0.2) is 57.8 Å². The minimum atomic E-state index is -1.03. The Morgan fingerprint density at radius 1 is 1.23 bits per heavy atom. The van der Waals surface area contributed by atoms with Crippen molar-refractivity contribution in [3.63, 3.8) is 0 Å². The SMILES string of the molecule is CNC1CCCN(c2nccn3c(-c4cc(N)c(NCC(C)(C)O)cc4F)c(-c4ccc(C#N)c(F)c4)nc23)C1. The molecular weight excluding hydrogens is 514 g/mol. The Hall–Kier alpha value is -4.27. The number of rotatable bonds is 7. The predicted octanol–water partition coefficient (Wildman–Crippen LogP) is 4.17. The van der Waals surface area contributed by atoms with Crippen molar-refractivity contribution in [1.82, 2.24) is 19.7 Å². The van der Waals surface area contributed by atoms with Gasteiger partial charge in [0.15, 0.2) is 11.5 Å². The van der Waals surface area contributed by atoms with Crippen LogP contribution < -0.4 is 21.3 Å². The Morgan fingerprint density at radius 2 is 2.02 bits per heavy atom. The highest BCUT2D eigenvalue weighted by Gasteiger charge is 2.27. The van der Waals surface area contributed by atoms with Gasteiger partial charge in [-0.1, -0.05) is 6.07 Å². The topological polar surface area (TPSA) is 128 Å². The molecule has 0 bridgehead atoms. The quantitative estimate of drug-likeness (QED) is 0.255. The second-order valence-electron chi connectivity index (χ2n) is 10.7. The zero-order valence-corrected chi connectivity index (χ0v) is 22.7. The number of fused-ring (bicyclic) bond motifs is 1. The third-order valence-corrected chi connectivity index (χ3v) is 7.12. The largest absolute Gasteiger partial charge is 0.397 e. The molecule has 2 aromatic carbocycles. The van der Waals surface area contributed by atoms with Crippen LogP contribution in [0.4, 0.5) is 26.0 Å². The summed E-state index contributed by atoms with van der Waals surface area (Å²) >= 11 is 0. The molecule has 1 fully saturated rings. The molecule has 11 heteroatoms. The van der Waals surface area contributed by atoms with Crippen LogP contribution in [0.2, 0.25) is 0 Å². The Balaban J connectivity index is 1.71. The second-order valence-corrected chi connectivity index (χ2v) is 10.7. The number of hydrogen-bond donors (Lipinski definition) is 4. The van der Waals surface area contributed by atoms with Crippen LogP contribution >= 0.6 is 0 Å². The lowest BCUT2D eigenvalue weighted by Crippen LogP contribution is -2.44. The third kappa shape index (κ3) is 5.28. The molecule has 5 N–H and O–H groups in total. The third-order valence-electron chi connectivity index (χ3n) is 7.12. The van der Waals surface area contributed by atoms with E-state index in [1.807, 2.05) is 13.1 Å². The number of nitrogens with zero attached hydrogens (tertiary/aromatic N) is 5. The summed E-state index contributed by atoms with van der Waals surface area (Å²) in [6.07, 6.45) is 5.35. The van der Waals surface area contributed by atoms with E-state index < -0.39 is 17.2 Å². The molecule has 4 aromatic rings. The average molecular weight is 547 g/mol. The number of halogens is 2. The Labute approximate surface area is 231 Å². The summed E-state index contributed by atoms with van der Waals surface area (Å²) < 4.78 is 32.3. The highest BCUT2D eigenvalue weighted by Crippen LogP contribution is 2.39. The maximum Gasteiger partial charge on any atom is 0.181 e. The molecule has 0 amide bonds. The van der Waals surface area contributed by atoms with E-state index in [0.29, 0.717) is 40.1 Å². The van der Waals surface area contributed by atoms with E-state index in [4.69, 9.17) is 10.7 Å². The number of imidazole rings is 1. The van der Waals surface area contributed by atoms with Crippen LogP contribution in [0.3, 0.4) is 0 Å². The summed E-state index contributed by atoms with van der Waals surface area (Å²) in [4.78, 5) is 11.7. The first-order chi connectivity index (χ1) is 19.1. The van der Waals surface area contributed by atoms with Crippen LogP contribution in [0.1, 0.15) is 32.3 Å². The first kappa shape index (κ1) is 27.3. The number of nitrogens with one attached hydrogen (secondary N) is 2. The van der Waals surface area contributed by atoms with Gasteiger partial charge in [-0.25, -0.2) is 18.7 Å². The molecule has 5 rings (SSSR count). The maximum atomic E-state index is 15.8. The molecule has 0 radical (unpaired) electrons. The molecule has 1 aliphatic rings. The number of aliphatic hydroxyl groups is 1. The molecule has 0 saturated carbocycles. The fraction of sp³-hybridized carbons (Fsp3) is 0.345. The minimum absolute atomic E-state index is 0.0968. The highest BCUT2D eigenvalue weighted by atomic mass is 19.1. The van der Waals surface area contributed by atoms with Crippen LogP contribution in [0.15, 0.2) is 42.7 Å². The number of nitrogen functional groups attached to an aromatic ring is 1. The van der Waals surface area contributed by atoms with Crippen molar-refractivity contribution in [2.75, 3.05) is 42.6 Å². The molecule has 0 aliphatic carbocycles. The van der Waals surface area contributed by atoms with E-state index in [2.05, 4.69) is 20.5 Å². The van der Waals surface area contributed by atoms with Gasteiger partial charge >= 0.3 is 0 Å². The van der Waals surface area contributed by atoms with Gasteiger partial charge in [0.2, 0.25) is 0 Å². The minimum Gasteiger partial charge on any atom is -0.397 e. The van der Waals surface area contributed by atoms with Gasteiger partial charge in [0.1, 0.15) is 17.7 Å².